The van der Waals surface area contributed by atoms with E-state index in [9.17, 15) is 9.59 Å². The fourth-order valence-electron chi connectivity index (χ4n) is 2.72. The Kier molecular flexibility index (Phi) is 5.41. The van der Waals surface area contributed by atoms with Crippen LogP contribution < -0.4 is 15.2 Å². The summed E-state index contributed by atoms with van der Waals surface area (Å²) in [6.07, 6.45) is 2.03. The maximum atomic E-state index is 13.0. The minimum atomic E-state index is -0.555. The standard InChI is InChI=1S/C20H22N2O4/c1-25-17-9-5-14(6-10-17)12-22(16-7-8-16)20(24)15-3-2-4-18(11-15)26-13-19(21)23/h2-6,9-11,16H,7-8,12-13H2,1H3,(H2,21,23). The van der Waals surface area contributed by atoms with E-state index in [2.05, 4.69) is 0 Å². The van der Waals surface area contributed by atoms with Crippen LogP contribution in [0.3, 0.4) is 0 Å². The number of nitrogens with zero attached hydrogens (tertiary/aromatic N) is 1. The number of methoxy groups -OCH3 is 1. The molecular weight excluding hydrogens is 332 g/mol. The van der Waals surface area contributed by atoms with Gasteiger partial charge in [-0.05, 0) is 48.7 Å². The van der Waals surface area contributed by atoms with Crippen molar-refractivity contribution in [1.82, 2.24) is 4.90 Å². The Morgan fingerprint density at radius 2 is 1.85 bits per heavy atom. The Bertz CT molecular complexity index is 785. The first-order chi connectivity index (χ1) is 12.6. The second-order valence-electron chi connectivity index (χ2n) is 6.30. The summed E-state index contributed by atoms with van der Waals surface area (Å²) in [5.74, 6) is 0.640. The van der Waals surface area contributed by atoms with Crippen LogP contribution in [0.5, 0.6) is 11.5 Å². The molecule has 26 heavy (non-hydrogen) atoms. The molecule has 2 aromatic rings. The molecule has 3 rings (SSSR count). The third-order valence-corrected chi connectivity index (χ3v) is 4.22. The van der Waals surface area contributed by atoms with Crippen LogP contribution in [-0.4, -0.2) is 36.5 Å². The molecule has 1 aliphatic carbocycles. The normalized spacial score (nSPS) is 13.1. The molecule has 0 atom stereocenters. The molecule has 0 saturated heterocycles. The summed E-state index contributed by atoms with van der Waals surface area (Å²) in [5, 5.41) is 0. The second kappa shape index (κ2) is 7.91. The number of rotatable bonds is 8. The summed E-state index contributed by atoms with van der Waals surface area (Å²) >= 11 is 0. The summed E-state index contributed by atoms with van der Waals surface area (Å²) in [4.78, 5) is 25.7. The summed E-state index contributed by atoms with van der Waals surface area (Å²) in [7, 11) is 1.63. The van der Waals surface area contributed by atoms with Gasteiger partial charge in [0, 0.05) is 18.2 Å². The molecule has 2 aromatic carbocycles. The van der Waals surface area contributed by atoms with Crippen LogP contribution in [-0.2, 0) is 11.3 Å². The first kappa shape index (κ1) is 17.8. The van der Waals surface area contributed by atoms with Crippen molar-refractivity contribution in [2.24, 2.45) is 5.73 Å². The molecule has 0 bridgehead atoms. The maximum absolute atomic E-state index is 13.0. The lowest BCUT2D eigenvalue weighted by molar-refractivity contribution is -0.119. The SMILES string of the molecule is COc1ccc(CN(C(=O)c2cccc(OCC(N)=O)c2)C2CC2)cc1. The van der Waals surface area contributed by atoms with E-state index in [1.54, 1.807) is 31.4 Å². The van der Waals surface area contributed by atoms with Crippen LogP contribution in [0, 0.1) is 0 Å². The van der Waals surface area contributed by atoms with Crippen molar-refractivity contribution in [1.29, 1.82) is 0 Å². The smallest absolute Gasteiger partial charge is 0.255 e. The number of ether oxygens (including phenoxy) is 2. The van der Waals surface area contributed by atoms with Crippen LogP contribution in [0.2, 0.25) is 0 Å². The maximum Gasteiger partial charge on any atom is 0.255 e. The van der Waals surface area contributed by atoms with Crippen LogP contribution in [0.15, 0.2) is 48.5 Å². The summed E-state index contributed by atoms with van der Waals surface area (Å²) in [6, 6.07) is 14.8. The molecule has 0 aliphatic heterocycles. The van der Waals surface area contributed by atoms with Crippen molar-refractivity contribution in [2.45, 2.75) is 25.4 Å². The highest BCUT2D eigenvalue weighted by Crippen LogP contribution is 2.30. The molecule has 1 aliphatic rings. The second-order valence-corrected chi connectivity index (χ2v) is 6.30. The number of carbonyl (C=O) groups excluding carboxylic acids is 2. The molecule has 0 radical (unpaired) electrons. The number of amides is 2. The van der Waals surface area contributed by atoms with Crippen LogP contribution in [0.25, 0.3) is 0 Å². The van der Waals surface area contributed by atoms with Crippen molar-refractivity contribution in [3.05, 3.63) is 59.7 Å². The van der Waals surface area contributed by atoms with E-state index in [-0.39, 0.29) is 18.6 Å². The summed E-state index contributed by atoms with van der Waals surface area (Å²) in [6.45, 7) is 0.329. The zero-order chi connectivity index (χ0) is 18.5. The molecule has 6 nitrogen and oxygen atoms in total. The molecule has 0 unspecified atom stereocenters. The third kappa shape index (κ3) is 4.53. The molecule has 1 fully saturated rings. The van der Waals surface area contributed by atoms with Crippen molar-refractivity contribution >= 4 is 11.8 Å². The predicted molar refractivity (Wildman–Crippen MR) is 97.0 cm³/mol. The molecule has 136 valence electrons. The molecular formula is C20H22N2O4. The Labute approximate surface area is 152 Å². The highest BCUT2D eigenvalue weighted by molar-refractivity contribution is 5.95. The number of hydrogen-bond donors (Lipinski definition) is 1. The number of nitrogens with two attached hydrogens (primary N) is 1. The highest BCUT2D eigenvalue weighted by atomic mass is 16.5. The Morgan fingerprint density at radius 1 is 1.12 bits per heavy atom. The Balaban J connectivity index is 1.74. The van der Waals surface area contributed by atoms with Gasteiger partial charge in [0.2, 0.25) is 0 Å². The van der Waals surface area contributed by atoms with Gasteiger partial charge in [0.15, 0.2) is 6.61 Å². The van der Waals surface area contributed by atoms with Crippen LogP contribution in [0.4, 0.5) is 0 Å². The fourth-order valence-corrected chi connectivity index (χ4v) is 2.72. The van der Waals surface area contributed by atoms with Crippen LogP contribution >= 0.6 is 0 Å². The monoisotopic (exact) mass is 354 g/mol. The van der Waals surface area contributed by atoms with Gasteiger partial charge < -0.3 is 20.1 Å². The van der Waals surface area contributed by atoms with E-state index < -0.39 is 5.91 Å². The largest absolute Gasteiger partial charge is 0.497 e. The lowest BCUT2D eigenvalue weighted by atomic mass is 10.1. The van der Waals surface area contributed by atoms with Gasteiger partial charge in [-0.25, -0.2) is 0 Å². The molecule has 1 saturated carbocycles. The van der Waals surface area contributed by atoms with E-state index in [1.807, 2.05) is 29.2 Å². The van der Waals surface area contributed by atoms with Crippen molar-refractivity contribution in [3.8, 4) is 11.5 Å². The lowest BCUT2D eigenvalue weighted by Crippen LogP contribution is -2.32. The van der Waals surface area contributed by atoms with Gasteiger partial charge in [-0.3, -0.25) is 9.59 Å². The molecule has 2 N–H and O–H groups in total. The molecule has 6 heteroatoms. The van der Waals surface area contributed by atoms with E-state index in [4.69, 9.17) is 15.2 Å². The number of hydrogen-bond acceptors (Lipinski definition) is 4. The number of carbonyl (C=O) groups is 2. The fraction of sp³-hybridized carbons (Fsp3) is 0.300. The van der Waals surface area contributed by atoms with E-state index in [0.717, 1.165) is 24.2 Å². The lowest BCUT2D eigenvalue weighted by Gasteiger charge is -2.23. The van der Waals surface area contributed by atoms with Crippen molar-refractivity contribution in [3.63, 3.8) is 0 Å². The zero-order valence-corrected chi connectivity index (χ0v) is 14.7. The molecule has 2 amide bonds. The van der Waals surface area contributed by atoms with Gasteiger partial charge in [-0.1, -0.05) is 18.2 Å². The van der Waals surface area contributed by atoms with E-state index in [1.165, 1.54) is 0 Å². The van der Waals surface area contributed by atoms with Gasteiger partial charge in [-0.2, -0.15) is 0 Å². The summed E-state index contributed by atoms with van der Waals surface area (Å²) < 4.78 is 10.5. The third-order valence-electron chi connectivity index (χ3n) is 4.22. The highest BCUT2D eigenvalue weighted by Gasteiger charge is 2.33. The van der Waals surface area contributed by atoms with E-state index in [0.29, 0.717) is 17.9 Å². The number of benzene rings is 2. The minimum Gasteiger partial charge on any atom is -0.497 e. The Hall–Kier alpha value is -3.02. The quantitative estimate of drug-likeness (QED) is 0.789. The Morgan fingerprint density at radius 3 is 2.46 bits per heavy atom. The van der Waals surface area contributed by atoms with Gasteiger partial charge in [0.1, 0.15) is 11.5 Å². The topological polar surface area (TPSA) is 81.9 Å². The zero-order valence-electron chi connectivity index (χ0n) is 14.7. The van der Waals surface area contributed by atoms with Crippen molar-refractivity contribution in [2.75, 3.05) is 13.7 Å². The van der Waals surface area contributed by atoms with E-state index >= 15 is 0 Å². The predicted octanol–water partition coefficient (Wildman–Crippen LogP) is 2.36. The minimum absolute atomic E-state index is 0.0483. The first-order valence-corrected chi connectivity index (χ1v) is 8.52. The van der Waals surface area contributed by atoms with Crippen molar-refractivity contribution < 1.29 is 19.1 Å². The van der Waals surface area contributed by atoms with Gasteiger partial charge in [0.05, 0.1) is 7.11 Å². The van der Waals surface area contributed by atoms with Gasteiger partial charge >= 0.3 is 0 Å². The first-order valence-electron chi connectivity index (χ1n) is 8.52. The average molecular weight is 354 g/mol. The number of primary amides is 1. The van der Waals surface area contributed by atoms with Crippen LogP contribution in [0.1, 0.15) is 28.8 Å². The molecule has 0 aromatic heterocycles. The van der Waals surface area contributed by atoms with Gasteiger partial charge in [-0.15, -0.1) is 0 Å². The average Bonchev–Trinajstić information content (AvgIpc) is 3.49. The summed E-state index contributed by atoms with van der Waals surface area (Å²) in [5.41, 5.74) is 6.68. The molecule has 0 heterocycles. The van der Waals surface area contributed by atoms with Gasteiger partial charge in [0.25, 0.3) is 11.8 Å². The molecule has 0 spiro atoms.